The van der Waals surface area contributed by atoms with Crippen molar-refractivity contribution in [1.29, 1.82) is 0 Å². The van der Waals surface area contributed by atoms with E-state index < -0.39 is 48.4 Å². The number of nitrogens with zero attached hydrogens (tertiary/aromatic N) is 8. The van der Waals surface area contributed by atoms with Gasteiger partial charge in [0.15, 0.2) is 17.3 Å². The standard InChI is InChI=1S/C36H33ClF5N9O5/c1-3-25-29(48-10-12-49(13-11-48)32(54)28-30(53)18(2)43-17-44-28)33(55)51-35(50(25)16-27(52)45-24-8-6-21(15-23(24)37)36(40,41)42)46-31(47-51)20-4-7-22-19(14-20)5-9-26(22)56-34(38)39/h4,6-8,14-15,17,26,34,53H,3,5,9-13,16H2,1-2H3,(H,45,52)/t26-/m0/s1. The molecule has 1 aliphatic carbocycles. The highest BCUT2D eigenvalue weighted by Gasteiger charge is 2.33. The molecule has 0 unspecified atom stereocenters. The molecule has 0 bridgehead atoms. The number of aromatic nitrogens is 6. The van der Waals surface area contributed by atoms with Gasteiger partial charge in [0.25, 0.3) is 11.5 Å². The molecule has 2 aromatic carbocycles. The largest absolute Gasteiger partial charge is 0.504 e. The number of alkyl halides is 5. The lowest BCUT2D eigenvalue weighted by Crippen LogP contribution is -2.51. The number of nitrogens with one attached hydrogen (secondary N) is 1. The quantitative estimate of drug-likeness (QED) is 0.184. The SMILES string of the molecule is CCc1c(N2CCN(C(=O)c3ncnc(C)c3O)CC2)c(=O)n2nc(-c3ccc4c(c3)CC[C@@H]4OC(F)F)nc2n1CC(=O)Nc1ccc(C(F)(F)F)cc1Cl. The molecule has 20 heteroatoms. The molecule has 3 aromatic heterocycles. The number of rotatable bonds is 9. The lowest BCUT2D eigenvalue weighted by atomic mass is 10.1. The maximum absolute atomic E-state index is 14.4. The number of aromatic hydroxyl groups is 1. The molecule has 4 heterocycles. The third-order valence-electron chi connectivity index (χ3n) is 9.81. The maximum Gasteiger partial charge on any atom is 0.416 e. The Bertz CT molecular complexity index is 2410. The zero-order valence-corrected chi connectivity index (χ0v) is 30.5. The summed E-state index contributed by atoms with van der Waals surface area (Å²) >= 11 is 6.13. The van der Waals surface area contributed by atoms with Gasteiger partial charge in [-0.25, -0.2) is 9.97 Å². The van der Waals surface area contributed by atoms with Gasteiger partial charge in [0.2, 0.25) is 11.7 Å². The summed E-state index contributed by atoms with van der Waals surface area (Å²) in [5, 5.41) is 17.1. The fraction of sp³-hybridized carbons (Fsp3) is 0.361. The van der Waals surface area contributed by atoms with E-state index in [9.17, 15) is 41.4 Å². The molecule has 1 aliphatic heterocycles. The second kappa shape index (κ2) is 15.1. The second-order valence-corrected chi connectivity index (χ2v) is 13.6. The van der Waals surface area contributed by atoms with E-state index in [1.54, 1.807) is 36.9 Å². The van der Waals surface area contributed by atoms with Crippen molar-refractivity contribution in [2.45, 2.75) is 58.5 Å². The van der Waals surface area contributed by atoms with Crippen molar-refractivity contribution in [3.8, 4) is 17.1 Å². The van der Waals surface area contributed by atoms with E-state index in [2.05, 4.69) is 25.4 Å². The van der Waals surface area contributed by atoms with Gasteiger partial charge in [0.1, 0.15) is 18.6 Å². The van der Waals surface area contributed by atoms with Crippen LogP contribution in [0.25, 0.3) is 17.2 Å². The monoisotopic (exact) mass is 801 g/mol. The first kappa shape index (κ1) is 38.6. The smallest absolute Gasteiger partial charge is 0.416 e. The summed E-state index contributed by atoms with van der Waals surface area (Å²) in [7, 11) is 0. The van der Waals surface area contributed by atoms with E-state index in [1.807, 2.05) is 0 Å². The number of piperazine rings is 1. The van der Waals surface area contributed by atoms with Crippen LogP contribution in [0.2, 0.25) is 5.02 Å². The van der Waals surface area contributed by atoms with Crippen LogP contribution in [0.15, 0.2) is 47.5 Å². The Kier molecular flexibility index (Phi) is 10.4. The summed E-state index contributed by atoms with van der Waals surface area (Å²) in [5.74, 6) is -1.44. The predicted octanol–water partition coefficient (Wildman–Crippen LogP) is 5.42. The van der Waals surface area contributed by atoms with E-state index in [0.29, 0.717) is 35.7 Å². The molecule has 56 heavy (non-hydrogen) atoms. The average molecular weight is 802 g/mol. The number of anilines is 2. The Balaban J connectivity index is 1.25. The van der Waals surface area contributed by atoms with Crippen molar-refractivity contribution in [1.82, 2.24) is 34.0 Å². The maximum atomic E-state index is 14.4. The van der Waals surface area contributed by atoms with Gasteiger partial charge in [-0.15, -0.1) is 5.10 Å². The normalized spacial score (nSPS) is 15.8. The van der Waals surface area contributed by atoms with E-state index in [4.69, 9.17) is 16.3 Å². The molecule has 294 valence electrons. The number of benzene rings is 2. The summed E-state index contributed by atoms with van der Waals surface area (Å²) in [6, 6.07) is 7.54. The highest BCUT2D eigenvalue weighted by atomic mass is 35.5. The first-order valence-corrected chi connectivity index (χ1v) is 17.8. The van der Waals surface area contributed by atoms with Gasteiger partial charge in [-0.05, 0) is 61.6 Å². The van der Waals surface area contributed by atoms with Crippen molar-refractivity contribution in [2.75, 3.05) is 36.4 Å². The number of hydrogen-bond donors (Lipinski definition) is 2. The molecule has 0 radical (unpaired) electrons. The van der Waals surface area contributed by atoms with Gasteiger partial charge in [-0.3, -0.25) is 14.4 Å². The molecule has 0 saturated carbocycles. The Morgan fingerprint density at radius 2 is 1.84 bits per heavy atom. The number of ether oxygens (including phenoxy) is 1. The highest BCUT2D eigenvalue weighted by molar-refractivity contribution is 6.33. The number of carbonyl (C=O) groups excluding carboxylic acids is 2. The van der Waals surface area contributed by atoms with E-state index in [0.717, 1.165) is 22.2 Å². The molecule has 2 amide bonds. The number of halogens is 6. The van der Waals surface area contributed by atoms with Crippen LogP contribution in [0, 0.1) is 6.92 Å². The number of carbonyl (C=O) groups is 2. The summed E-state index contributed by atoms with van der Waals surface area (Å²) in [6.07, 6.45) is -3.22. The van der Waals surface area contributed by atoms with Gasteiger partial charge in [-0.2, -0.15) is 31.5 Å². The number of aryl methyl sites for hydroxylation is 2. The van der Waals surface area contributed by atoms with Gasteiger partial charge in [-0.1, -0.05) is 30.7 Å². The molecule has 5 aromatic rings. The minimum Gasteiger partial charge on any atom is -0.504 e. The van der Waals surface area contributed by atoms with Crippen LogP contribution in [0.5, 0.6) is 5.75 Å². The molecular formula is C36H33ClF5N9O5. The van der Waals surface area contributed by atoms with Crippen LogP contribution < -0.4 is 15.8 Å². The van der Waals surface area contributed by atoms with Crippen LogP contribution in [-0.2, 0) is 35.1 Å². The summed E-state index contributed by atoms with van der Waals surface area (Å²) < 4.78 is 73.1. The molecule has 1 atom stereocenters. The van der Waals surface area contributed by atoms with Crippen molar-refractivity contribution in [3.63, 3.8) is 0 Å². The first-order chi connectivity index (χ1) is 26.6. The lowest BCUT2D eigenvalue weighted by Gasteiger charge is -2.36. The molecule has 0 spiro atoms. The predicted molar refractivity (Wildman–Crippen MR) is 192 cm³/mol. The first-order valence-electron chi connectivity index (χ1n) is 17.4. The average Bonchev–Trinajstić information content (AvgIpc) is 3.78. The fourth-order valence-electron chi connectivity index (χ4n) is 7.07. The van der Waals surface area contributed by atoms with Crippen molar-refractivity contribution >= 4 is 40.6 Å². The van der Waals surface area contributed by atoms with Crippen LogP contribution >= 0.6 is 11.6 Å². The van der Waals surface area contributed by atoms with Crippen LogP contribution in [-0.4, -0.2) is 83.7 Å². The molecule has 2 N–H and O–H groups in total. The fourth-order valence-corrected chi connectivity index (χ4v) is 7.29. The summed E-state index contributed by atoms with van der Waals surface area (Å²) in [5.41, 5.74) is 0.876. The van der Waals surface area contributed by atoms with E-state index in [-0.39, 0.29) is 77.7 Å². The Hall–Kier alpha value is -5.69. The Morgan fingerprint density at radius 1 is 1.09 bits per heavy atom. The van der Waals surface area contributed by atoms with Crippen LogP contribution in [0.1, 0.15) is 58.0 Å². The minimum atomic E-state index is -4.65. The van der Waals surface area contributed by atoms with Crippen molar-refractivity contribution in [3.05, 3.63) is 91.9 Å². The highest BCUT2D eigenvalue weighted by Crippen LogP contribution is 2.38. The van der Waals surface area contributed by atoms with Crippen molar-refractivity contribution in [2.24, 2.45) is 0 Å². The molecule has 2 aliphatic rings. The van der Waals surface area contributed by atoms with Crippen molar-refractivity contribution < 1.29 is 41.4 Å². The minimum absolute atomic E-state index is 0.0119. The van der Waals surface area contributed by atoms with E-state index >= 15 is 0 Å². The molecule has 14 nitrogen and oxygen atoms in total. The molecule has 1 fully saturated rings. The zero-order chi connectivity index (χ0) is 40.1. The zero-order valence-electron chi connectivity index (χ0n) is 29.8. The molecule has 7 rings (SSSR count). The Labute approximate surface area is 319 Å². The third-order valence-corrected chi connectivity index (χ3v) is 10.1. The van der Waals surface area contributed by atoms with Crippen LogP contribution in [0.4, 0.5) is 33.3 Å². The van der Waals surface area contributed by atoms with Gasteiger partial charge in [0.05, 0.1) is 33.8 Å². The number of hydrogen-bond acceptors (Lipinski definition) is 10. The summed E-state index contributed by atoms with van der Waals surface area (Å²) in [4.78, 5) is 57.0. The summed E-state index contributed by atoms with van der Waals surface area (Å²) in [6.45, 7) is 0.538. The van der Waals surface area contributed by atoms with E-state index in [1.165, 1.54) is 15.8 Å². The Morgan fingerprint density at radius 3 is 2.52 bits per heavy atom. The van der Waals surface area contributed by atoms with Gasteiger partial charge >= 0.3 is 12.8 Å². The third kappa shape index (κ3) is 7.35. The second-order valence-electron chi connectivity index (χ2n) is 13.2. The number of amides is 2. The van der Waals surface area contributed by atoms with Gasteiger partial charge < -0.3 is 29.5 Å². The topological polar surface area (TPSA) is 160 Å². The molecular weight excluding hydrogens is 769 g/mol. The lowest BCUT2D eigenvalue weighted by molar-refractivity contribution is -0.164. The van der Waals surface area contributed by atoms with Gasteiger partial charge in [0, 0.05) is 31.7 Å². The number of fused-ring (bicyclic) bond motifs is 2. The van der Waals surface area contributed by atoms with Crippen LogP contribution in [0.3, 0.4) is 0 Å². The molecule has 1 saturated heterocycles.